The SMILES string of the molecule is CCN(CC)CC1N=Cc2cccc(C)c2N1. The van der Waals surface area contributed by atoms with E-state index in [2.05, 4.69) is 54.2 Å². The van der Waals surface area contributed by atoms with Crippen molar-refractivity contribution in [2.24, 2.45) is 4.99 Å². The van der Waals surface area contributed by atoms with Gasteiger partial charge in [0.05, 0.1) is 0 Å². The van der Waals surface area contributed by atoms with Crippen molar-refractivity contribution in [2.45, 2.75) is 26.9 Å². The molecule has 0 aliphatic carbocycles. The number of benzene rings is 1. The van der Waals surface area contributed by atoms with E-state index in [1.54, 1.807) is 0 Å². The monoisotopic (exact) mass is 231 g/mol. The molecule has 0 saturated heterocycles. The van der Waals surface area contributed by atoms with Gasteiger partial charge in [-0.25, -0.2) is 0 Å². The number of para-hydroxylation sites is 1. The number of likely N-dealkylation sites (N-methyl/N-ethyl adjacent to an activating group) is 1. The van der Waals surface area contributed by atoms with Crippen LogP contribution in [0.2, 0.25) is 0 Å². The van der Waals surface area contributed by atoms with Crippen LogP contribution in [0.15, 0.2) is 23.2 Å². The average Bonchev–Trinajstić information content (AvgIpc) is 2.37. The molecule has 0 bridgehead atoms. The Bertz CT molecular complexity index is 408. The number of rotatable bonds is 4. The number of nitrogens with one attached hydrogen (secondary N) is 1. The van der Waals surface area contributed by atoms with E-state index >= 15 is 0 Å². The van der Waals surface area contributed by atoms with E-state index in [0.29, 0.717) is 0 Å². The molecule has 0 spiro atoms. The van der Waals surface area contributed by atoms with Crippen LogP contribution in [0.25, 0.3) is 0 Å². The first-order valence-electron chi connectivity index (χ1n) is 6.36. The number of fused-ring (bicyclic) bond motifs is 1. The van der Waals surface area contributed by atoms with Gasteiger partial charge in [-0.15, -0.1) is 0 Å². The maximum atomic E-state index is 4.57. The second kappa shape index (κ2) is 5.32. The summed E-state index contributed by atoms with van der Waals surface area (Å²) in [6, 6.07) is 6.32. The number of hydrogen-bond acceptors (Lipinski definition) is 3. The van der Waals surface area contributed by atoms with Gasteiger partial charge in [-0.3, -0.25) is 9.89 Å². The molecule has 3 heteroatoms. The van der Waals surface area contributed by atoms with Gasteiger partial charge in [-0.2, -0.15) is 0 Å². The third-order valence-electron chi connectivity index (χ3n) is 3.34. The molecule has 17 heavy (non-hydrogen) atoms. The summed E-state index contributed by atoms with van der Waals surface area (Å²) in [7, 11) is 0. The first kappa shape index (κ1) is 12.1. The summed E-state index contributed by atoms with van der Waals surface area (Å²) >= 11 is 0. The fourth-order valence-corrected chi connectivity index (χ4v) is 2.19. The topological polar surface area (TPSA) is 27.6 Å². The van der Waals surface area contributed by atoms with E-state index in [-0.39, 0.29) is 6.17 Å². The summed E-state index contributed by atoms with van der Waals surface area (Å²) < 4.78 is 0. The van der Waals surface area contributed by atoms with Crippen molar-refractivity contribution >= 4 is 11.9 Å². The molecule has 1 heterocycles. The molecular weight excluding hydrogens is 210 g/mol. The average molecular weight is 231 g/mol. The molecule has 1 N–H and O–H groups in total. The van der Waals surface area contributed by atoms with Crippen LogP contribution in [0.3, 0.4) is 0 Å². The fraction of sp³-hybridized carbons (Fsp3) is 0.500. The Morgan fingerprint density at radius 3 is 2.76 bits per heavy atom. The molecule has 1 aliphatic heterocycles. The summed E-state index contributed by atoms with van der Waals surface area (Å²) in [5, 5.41) is 3.52. The normalized spacial score (nSPS) is 18.0. The van der Waals surface area contributed by atoms with Crippen LogP contribution in [0, 0.1) is 6.92 Å². The Morgan fingerprint density at radius 2 is 2.06 bits per heavy atom. The van der Waals surface area contributed by atoms with E-state index in [9.17, 15) is 0 Å². The van der Waals surface area contributed by atoms with Crippen molar-refractivity contribution in [2.75, 3.05) is 25.0 Å². The summed E-state index contributed by atoms with van der Waals surface area (Å²) in [5.41, 5.74) is 3.72. The van der Waals surface area contributed by atoms with Gasteiger partial charge in [0.25, 0.3) is 0 Å². The molecule has 0 aromatic heterocycles. The minimum Gasteiger partial charge on any atom is -0.362 e. The van der Waals surface area contributed by atoms with E-state index in [0.717, 1.165) is 19.6 Å². The lowest BCUT2D eigenvalue weighted by atomic mass is 10.1. The molecule has 92 valence electrons. The molecule has 0 radical (unpaired) electrons. The second-order valence-corrected chi connectivity index (χ2v) is 4.46. The molecule has 0 saturated carbocycles. The summed E-state index contributed by atoms with van der Waals surface area (Å²) in [4.78, 5) is 6.96. The molecule has 1 aromatic carbocycles. The largest absolute Gasteiger partial charge is 0.362 e. The highest BCUT2D eigenvalue weighted by atomic mass is 15.2. The number of nitrogens with zero attached hydrogens (tertiary/aromatic N) is 2. The fourth-order valence-electron chi connectivity index (χ4n) is 2.19. The molecule has 1 aromatic rings. The predicted octanol–water partition coefficient (Wildman–Crippen LogP) is 2.51. The van der Waals surface area contributed by atoms with Crippen LogP contribution in [-0.2, 0) is 0 Å². The van der Waals surface area contributed by atoms with E-state index in [1.807, 2.05) is 6.21 Å². The van der Waals surface area contributed by atoms with Gasteiger partial charge in [0.1, 0.15) is 6.17 Å². The predicted molar refractivity (Wildman–Crippen MR) is 74.0 cm³/mol. The number of hydrogen-bond donors (Lipinski definition) is 1. The minimum atomic E-state index is 0.184. The summed E-state index contributed by atoms with van der Waals surface area (Å²) in [6.07, 6.45) is 2.18. The van der Waals surface area contributed by atoms with Gasteiger partial charge in [0.15, 0.2) is 0 Å². The lowest BCUT2D eigenvalue weighted by molar-refractivity contribution is 0.292. The highest BCUT2D eigenvalue weighted by Crippen LogP contribution is 2.23. The lowest BCUT2D eigenvalue weighted by Crippen LogP contribution is -2.37. The molecule has 1 unspecified atom stereocenters. The van der Waals surface area contributed by atoms with Crippen molar-refractivity contribution in [3.63, 3.8) is 0 Å². The standard InChI is InChI=1S/C14H21N3/c1-4-17(5-2)10-13-15-9-12-8-6-7-11(3)14(12)16-13/h6-9,13,16H,4-5,10H2,1-3H3. The van der Waals surface area contributed by atoms with E-state index in [4.69, 9.17) is 0 Å². The van der Waals surface area contributed by atoms with Gasteiger partial charge in [0, 0.05) is 24.0 Å². The van der Waals surface area contributed by atoms with Crippen LogP contribution >= 0.6 is 0 Å². The smallest absolute Gasteiger partial charge is 0.131 e. The summed E-state index contributed by atoms with van der Waals surface area (Å²) in [6.45, 7) is 9.64. The highest BCUT2D eigenvalue weighted by molar-refractivity contribution is 5.90. The van der Waals surface area contributed by atoms with Crippen LogP contribution in [0.4, 0.5) is 5.69 Å². The van der Waals surface area contributed by atoms with Crippen molar-refractivity contribution < 1.29 is 0 Å². The molecule has 0 amide bonds. The Labute approximate surface area is 104 Å². The van der Waals surface area contributed by atoms with Crippen molar-refractivity contribution in [3.8, 4) is 0 Å². The Balaban J connectivity index is 2.11. The zero-order chi connectivity index (χ0) is 12.3. The maximum Gasteiger partial charge on any atom is 0.131 e. The lowest BCUT2D eigenvalue weighted by Gasteiger charge is -2.28. The van der Waals surface area contributed by atoms with Crippen molar-refractivity contribution in [1.29, 1.82) is 0 Å². The zero-order valence-electron chi connectivity index (χ0n) is 10.9. The van der Waals surface area contributed by atoms with E-state index in [1.165, 1.54) is 16.8 Å². The van der Waals surface area contributed by atoms with Crippen molar-refractivity contribution in [1.82, 2.24) is 4.90 Å². The quantitative estimate of drug-likeness (QED) is 0.862. The first-order chi connectivity index (χ1) is 8.24. The Hall–Kier alpha value is -1.35. The maximum absolute atomic E-state index is 4.57. The van der Waals surface area contributed by atoms with Gasteiger partial charge >= 0.3 is 0 Å². The zero-order valence-corrected chi connectivity index (χ0v) is 10.9. The van der Waals surface area contributed by atoms with Gasteiger partial charge < -0.3 is 5.32 Å². The molecule has 2 rings (SSSR count). The van der Waals surface area contributed by atoms with Crippen LogP contribution in [0.1, 0.15) is 25.0 Å². The molecular formula is C14H21N3. The summed E-state index contributed by atoms with van der Waals surface area (Å²) in [5.74, 6) is 0. The third-order valence-corrected chi connectivity index (χ3v) is 3.34. The number of aryl methyl sites for hydroxylation is 1. The Kier molecular flexibility index (Phi) is 3.79. The van der Waals surface area contributed by atoms with Crippen LogP contribution in [0.5, 0.6) is 0 Å². The van der Waals surface area contributed by atoms with Gasteiger partial charge in [-0.1, -0.05) is 32.0 Å². The first-order valence-corrected chi connectivity index (χ1v) is 6.36. The second-order valence-electron chi connectivity index (χ2n) is 4.46. The van der Waals surface area contributed by atoms with Crippen LogP contribution < -0.4 is 5.32 Å². The highest BCUT2D eigenvalue weighted by Gasteiger charge is 2.16. The minimum absolute atomic E-state index is 0.184. The number of anilines is 1. The van der Waals surface area contributed by atoms with Gasteiger partial charge in [0.2, 0.25) is 0 Å². The van der Waals surface area contributed by atoms with Crippen molar-refractivity contribution in [3.05, 3.63) is 29.3 Å². The molecule has 3 nitrogen and oxygen atoms in total. The van der Waals surface area contributed by atoms with Gasteiger partial charge in [-0.05, 0) is 25.6 Å². The third kappa shape index (κ3) is 2.67. The molecule has 0 fully saturated rings. The molecule has 1 aliphatic rings. The van der Waals surface area contributed by atoms with Crippen LogP contribution in [-0.4, -0.2) is 36.9 Å². The Morgan fingerprint density at radius 1 is 1.29 bits per heavy atom. The van der Waals surface area contributed by atoms with E-state index < -0.39 is 0 Å². The molecule has 1 atom stereocenters. The number of aliphatic imine (C=N–C) groups is 1.